The highest BCUT2D eigenvalue weighted by Crippen LogP contribution is 2.35. The van der Waals surface area contributed by atoms with Crippen LogP contribution in [0.1, 0.15) is 38.7 Å². The Labute approximate surface area is 234 Å². The Morgan fingerprint density at radius 2 is 1.74 bits per heavy atom. The Kier molecular flexibility index (Phi) is 10.5. The summed E-state index contributed by atoms with van der Waals surface area (Å²) in [6, 6.07) is 8.82. The normalized spacial score (nSPS) is 13.5. The zero-order chi connectivity index (χ0) is 27.9. The Morgan fingerprint density at radius 3 is 2.37 bits per heavy atom. The van der Waals surface area contributed by atoms with Crippen LogP contribution in [0.2, 0.25) is 10.0 Å². The number of benzene rings is 2. The molecule has 0 saturated carbocycles. The second kappa shape index (κ2) is 13.4. The lowest BCUT2D eigenvalue weighted by atomic mass is 10.1. The zero-order valence-electron chi connectivity index (χ0n) is 21.7. The van der Waals surface area contributed by atoms with Crippen LogP contribution in [-0.4, -0.2) is 63.7 Å². The van der Waals surface area contributed by atoms with Crippen LogP contribution < -0.4 is 19.1 Å². The van der Waals surface area contributed by atoms with Crippen molar-refractivity contribution in [1.82, 2.24) is 10.2 Å². The third-order valence-electron chi connectivity index (χ3n) is 6.05. The summed E-state index contributed by atoms with van der Waals surface area (Å²) in [5.74, 6) is 0.0357. The molecule has 0 spiro atoms. The monoisotopic (exact) mass is 585 g/mol. The van der Waals surface area contributed by atoms with Gasteiger partial charge in [-0.05, 0) is 42.7 Å². The van der Waals surface area contributed by atoms with Crippen LogP contribution in [0.3, 0.4) is 0 Å². The number of anilines is 1. The van der Waals surface area contributed by atoms with Crippen LogP contribution in [0.25, 0.3) is 0 Å². The van der Waals surface area contributed by atoms with Crippen LogP contribution in [0.15, 0.2) is 36.4 Å². The van der Waals surface area contributed by atoms with Gasteiger partial charge in [-0.3, -0.25) is 13.9 Å². The number of nitrogens with one attached hydrogen (secondary N) is 1. The van der Waals surface area contributed by atoms with Crippen molar-refractivity contribution in [3.8, 4) is 11.5 Å². The molecule has 1 aliphatic heterocycles. The van der Waals surface area contributed by atoms with Gasteiger partial charge >= 0.3 is 0 Å². The Morgan fingerprint density at radius 1 is 1.03 bits per heavy atom. The minimum atomic E-state index is -3.88. The Hall–Kier alpha value is -2.69. The first-order valence-electron chi connectivity index (χ1n) is 12.4. The van der Waals surface area contributed by atoms with E-state index >= 15 is 0 Å². The van der Waals surface area contributed by atoms with Crippen molar-refractivity contribution in [2.24, 2.45) is 0 Å². The van der Waals surface area contributed by atoms with Crippen LogP contribution >= 0.6 is 23.2 Å². The predicted octanol–water partition coefficient (Wildman–Crippen LogP) is 4.25. The molecule has 0 unspecified atom stereocenters. The molecular formula is C26H33Cl2N3O6S. The van der Waals surface area contributed by atoms with Crippen molar-refractivity contribution in [2.45, 2.75) is 45.7 Å². The molecule has 0 radical (unpaired) electrons. The first-order chi connectivity index (χ1) is 18.0. The lowest BCUT2D eigenvalue weighted by molar-refractivity contribution is -0.140. The molecule has 38 heavy (non-hydrogen) atoms. The maximum atomic E-state index is 13.8. The molecule has 2 aromatic rings. The summed E-state index contributed by atoms with van der Waals surface area (Å²) in [4.78, 5) is 28.3. The minimum absolute atomic E-state index is 0.0359. The number of sulfonamides is 1. The predicted molar refractivity (Wildman–Crippen MR) is 149 cm³/mol. The number of hydrogen-bond acceptors (Lipinski definition) is 6. The highest BCUT2D eigenvalue weighted by molar-refractivity contribution is 7.92. The van der Waals surface area contributed by atoms with Crippen LogP contribution in [-0.2, 0) is 26.2 Å². The summed E-state index contributed by atoms with van der Waals surface area (Å²) in [5.41, 5.74) is 0.901. The van der Waals surface area contributed by atoms with E-state index in [9.17, 15) is 18.0 Å². The summed E-state index contributed by atoms with van der Waals surface area (Å²) >= 11 is 12.3. The quantitative estimate of drug-likeness (QED) is 0.373. The molecule has 0 aliphatic carbocycles. The molecule has 0 aromatic heterocycles. The molecule has 12 heteroatoms. The smallest absolute Gasteiger partial charge is 0.244 e. The van der Waals surface area contributed by atoms with E-state index in [1.165, 1.54) is 11.0 Å². The average molecular weight is 587 g/mol. The van der Waals surface area contributed by atoms with E-state index in [2.05, 4.69) is 5.32 Å². The highest BCUT2D eigenvalue weighted by Gasteiger charge is 2.32. The second-order valence-electron chi connectivity index (χ2n) is 8.94. The lowest BCUT2D eigenvalue weighted by Gasteiger charge is -2.33. The van der Waals surface area contributed by atoms with Crippen molar-refractivity contribution >= 4 is 50.7 Å². The van der Waals surface area contributed by atoms with Crippen molar-refractivity contribution in [1.29, 1.82) is 0 Å². The molecule has 0 bridgehead atoms. The molecule has 1 atom stereocenters. The molecule has 1 N–H and O–H groups in total. The van der Waals surface area contributed by atoms with E-state index in [1.807, 2.05) is 6.92 Å². The Balaban J connectivity index is 1.94. The summed E-state index contributed by atoms with van der Waals surface area (Å²) in [6.45, 7) is 4.54. The number of rotatable bonds is 12. The van der Waals surface area contributed by atoms with Gasteiger partial charge in [-0.15, -0.1) is 0 Å². The van der Waals surface area contributed by atoms with Gasteiger partial charge in [-0.1, -0.05) is 49.5 Å². The summed E-state index contributed by atoms with van der Waals surface area (Å²) in [5, 5.41) is 3.56. The number of ether oxygens (including phenoxy) is 2. The largest absolute Gasteiger partial charge is 0.486 e. The topological polar surface area (TPSA) is 105 Å². The van der Waals surface area contributed by atoms with Gasteiger partial charge in [-0.25, -0.2) is 8.42 Å². The number of carbonyl (C=O) groups excluding carboxylic acids is 2. The average Bonchev–Trinajstić information content (AvgIpc) is 2.88. The lowest BCUT2D eigenvalue weighted by Crippen LogP contribution is -2.52. The summed E-state index contributed by atoms with van der Waals surface area (Å²) in [7, 11) is -3.88. The fourth-order valence-corrected chi connectivity index (χ4v) is 5.22. The van der Waals surface area contributed by atoms with Gasteiger partial charge in [0.2, 0.25) is 21.8 Å². The standard InChI is InChI=1S/C26H33Cl2N3O6S/c1-4-6-11-29-26(33)22(5-2)30(16-18-7-9-20(27)21(28)14-18)25(32)17-31(38(3,34)35)19-8-10-23-24(15-19)37-13-12-36-23/h7-10,14-15,22H,4-6,11-13,16-17H2,1-3H3,(H,29,33)/t22-/m0/s1. The fraction of sp³-hybridized carbons (Fsp3) is 0.462. The van der Waals surface area contributed by atoms with Crippen molar-refractivity contribution in [2.75, 3.05) is 36.9 Å². The van der Waals surface area contributed by atoms with E-state index in [-0.39, 0.29) is 18.1 Å². The summed E-state index contributed by atoms with van der Waals surface area (Å²) < 4.78 is 37.8. The van der Waals surface area contributed by atoms with E-state index in [0.717, 1.165) is 23.4 Å². The first-order valence-corrected chi connectivity index (χ1v) is 15.0. The van der Waals surface area contributed by atoms with Gasteiger partial charge in [0.05, 0.1) is 22.0 Å². The molecule has 9 nitrogen and oxygen atoms in total. The number of carbonyl (C=O) groups is 2. The van der Waals surface area contributed by atoms with E-state index in [4.69, 9.17) is 32.7 Å². The van der Waals surface area contributed by atoms with Crippen LogP contribution in [0.5, 0.6) is 11.5 Å². The third-order valence-corrected chi connectivity index (χ3v) is 7.92. The molecule has 1 aliphatic rings. The second-order valence-corrected chi connectivity index (χ2v) is 11.7. The molecule has 3 rings (SSSR count). The van der Waals surface area contributed by atoms with Gasteiger partial charge < -0.3 is 19.7 Å². The maximum Gasteiger partial charge on any atom is 0.244 e. The SMILES string of the molecule is CCCCNC(=O)[C@H](CC)N(Cc1ccc(Cl)c(Cl)c1)C(=O)CN(c1ccc2c(c1)OCCO2)S(C)(=O)=O. The molecule has 2 amide bonds. The number of unbranched alkanes of at least 4 members (excludes halogenated alkanes) is 1. The third kappa shape index (κ3) is 7.68. The zero-order valence-corrected chi connectivity index (χ0v) is 24.0. The maximum absolute atomic E-state index is 13.8. The molecule has 1 heterocycles. The van der Waals surface area contributed by atoms with Gasteiger partial charge in [0.15, 0.2) is 11.5 Å². The molecule has 2 aromatic carbocycles. The first kappa shape index (κ1) is 29.9. The molecule has 0 fully saturated rings. The van der Waals surface area contributed by atoms with E-state index in [1.54, 1.807) is 37.3 Å². The highest BCUT2D eigenvalue weighted by atomic mass is 35.5. The van der Waals surface area contributed by atoms with E-state index < -0.39 is 28.5 Å². The number of amides is 2. The van der Waals surface area contributed by atoms with Crippen LogP contribution in [0, 0.1) is 0 Å². The number of fused-ring (bicyclic) bond motifs is 1. The fourth-order valence-electron chi connectivity index (χ4n) is 4.06. The van der Waals surface area contributed by atoms with Crippen molar-refractivity contribution in [3.63, 3.8) is 0 Å². The minimum Gasteiger partial charge on any atom is -0.486 e. The number of hydrogen-bond donors (Lipinski definition) is 1. The van der Waals surface area contributed by atoms with Crippen LogP contribution in [0.4, 0.5) is 5.69 Å². The Bertz CT molecular complexity index is 1260. The van der Waals surface area contributed by atoms with Crippen molar-refractivity contribution in [3.05, 3.63) is 52.0 Å². The number of nitrogens with zero attached hydrogens (tertiary/aromatic N) is 2. The molecular weight excluding hydrogens is 553 g/mol. The van der Waals surface area contributed by atoms with Gasteiger partial charge in [0.1, 0.15) is 25.8 Å². The van der Waals surface area contributed by atoms with E-state index in [0.29, 0.717) is 53.3 Å². The van der Waals surface area contributed by atoms with Gasteiger partial charge in [0.25, 0.3) is 0 Å². The van der Waals surface area contributed by atoms with Crippen molar-refractivity contribution < 1.29 is 27.5 Å². The van der Waals surface area contributed by atoms with Gasteiger partial charge in [-0.2, -0.15) is 0 Å². The molecule has 208 valence electrons. The van der Waals surface area contributed by atoms with Gasteiger partial charge in [0, 0.05) is 19.2 Å². The molecule has 0 saturated heterocycles. The summed E-state index contributed by atoms with van der Waals surface area (Å²) in [6.07, 6.45) is 3.06. The number of halogens is 2.